The fourth-order valence-corrected chi connectivity index (χ4v) is 2.39. The normalized spacial score (nSPS) is 15.2. The second-order valence-electron chi connectivity index (χ2n) is 5.63. The van der Waals surface area contributed by atoms with E-state index in [-0.39, 0.29) is 0 Å². The number of nitrogens with zero attached hydrogens (tertiary/aromatic N) is 5. The van der Waals surface area contributed by atoms with Gasteiger partial charge in [0.05, 0.1) is 23.9 Å². The maximum atomic E-state index is 8.58. The van der Waals surface area contributed by atoms with Gasteiger partial charge in [-0.2, -0.15) is 5.26 Å². The maximum absolute atomic E-state index is 8.58. The van der Waals surface area contributed by atoms with E-state index in [9.17, 15) is 0 Å². The van der Waals surface area contributed by atoms with Gasteiger partial charge in [0.25, 0.3) is 5.85 Å². The van der Waals surface area contributed by atoms with E-state index < -0.39 is 5.85 Å². The molecule has 0 unspecified atom stereocenters. The molecule has 1 aromatic carbocycles. The molecule has 0 spiro atoms. The first-order chi connectivity index (χ1) is 11.6. The minimum atomic E-state index is -0.889. The molecule has 1 heterocycles. The molecular formula is C16H23N7O. The zero-order valence-electron chi connectivity index (χ0n) is 14.3. The molecule has 8 nitrogen and oxygen atoms in total. The zero-order valence-corrected chi connectivity index (χ0v) is 14.3. The molecule has 0 bridgehead atoms. The topological polar surface area (TPSA) is 97.4 Å². The Morgan fingerprint density at radius 1 is 1.33 bits per heavy atom. The number of benzene rings is 1. The summed E-state index contributed by atoms with van der Waals surface area (Å²) in [6, 6.07) is 7.78. The molecule has 0 radical (unpaired) electrons. The summed E-state index contributed by atoms with van der Waals surface area (Å²) < 4.78 is 6.02. The van der Waals surface area contributed by atoms with Crippen molar-refractivity contribution in [2.75, 3.05) is 40.8 Å². The van der Waals surface area contributed by atoms with Crippen molar-refractivity contribution in [2.24, 2.45) is 15.0 Å². The van der Waals surface area contributed by atoms with Crippen LogP contribution in [0.2, 0.25) is 0 Å². The smallest absolute Gasteiger partial charge is 0.271 e. The number of hydrogen-bond acceptors (Lipinski definition) is 6. The van der Waals surface area contributed by atoms with Crippen LogP contribution >= 0.6 is 0 Å². The van der Waals surface area contributed by atoms with Crippen LogP contribution in [0.4, 0.5) is 0 Å². The third-order valence-corrected chi connectivity index (χ3v) is 3.34. The maximum Gasteiger partial charge on any atom is 0.271 e. The highest BCUT2D eigenvalue weighted by Crippen LogP contribution is 2.17. The van der Waals surface area contributed by atoms with Crippen LogP contribution in [0.5, 0.6) is 0 Å². The van der Waals surface area contributed by atoms with Crippen LogP contribution in [0.1, 0.15) is 6.42 Å². The Morgan fingerprint density at radius 3 is 2.54 bits per heavy atom. The van der Waals surface area contributed by atoms with Gasteiger partial charge in [-0.1, -0.05) is 12.1 Å². The number of rotatable bonds is 7. The standard InChI is InChI=1S/C16H23N7O/c1-18-15(20-12-17)19-9-6-10-24-16(11-23(2)3)21-13-7-4-5-8-14(13)22-16/h4-5,7-8H,6,9-11H2,1-3H3,(H2,18,19,20). The molecule has 0 saturated carbocycles. The minimum absolute atomic E-state index is 0.447. The molecule has 0 saturated heterocycles. The molecule has 8 heteroatoms. The predicted octanol–water partition coefficient (Wildman–Crippen LogP) is -0.792. The average Bonchev–Trinajstić information content (AvgIpc) is 2.90. The van der Waals surface area contributed by atoms with Gasteiger partial charge in [-0.15, -0.1) is 0 Å². The van der Waals surface area contributed by atoms with Gasteiger partial charge >= 0.3 is 0 Å². The van der Waals surface area contributed by atoms with Crippen LogP contribution in [0, 0.1) is 11.5 Å². The molecular weight excluding hydrogens is 306 g/mol. The third-order valence-electron chi connectivity index (χ3n) is 3.34. The van der Waals surface area contributed by atoms with Crippen molar-refractivity contribution in [1.29, 1.82) is 5.26 Å². The van der Waals surface area contributed by atoms with E-state index in [1.807, 2.05) is 49.5 Å². The Bertz CT molecular complexity index is 701. The summed E-state index contributed by atoms with van der Waals surface area (Å²) in [5.74, 6) is -0.442. The highest BCUT2D eigenvalue weighted by molar-refractivity contribution is 5.80. The number of ether oxygens (including phenoxy) is 1. The van der Waals surface area contributed by atoms with E-state index in [0.29, 0.717) is 25.7 Å². The van der Waals surface area contributed by atoms with Crippen LogP contribution in [0.25, 0.3) is 0 Å². The Morgan fingerprint density at radius 2 is 2.00 bits per heavy atom. The first-order valence-corrected chi connectivity index (χ1v) is 7.78. The molecule has 24 heavy (non-hydrogen) atoms. The Balaban J connectivity index is 1.93. The number of nitrogens with one attached hydrogen (secondary N) is 2. The summed E-state index contributed by atoms with van der Waals surface area (Å²) in [5.41, 5.74) is 0. The fraction of sp³-hybridized carbons (Fsp3) is 0.500. The van der Waals surface area contributed by atoms with Crippen molar-refractivity contribution in [3.05, 3.63) is 35.0 Å². The number of likely N-dealkylation sites (N-methyl/N-ethyl adjacent to an activating group) is 1. The van der Waals surface area contributed by atoms with Gasteiger partial charge in [-0.3, -0.25) is 10.3 Å². The number of nitriles is 1. The Kier molecular flexibility index (Phi) is 6.23. The number of fused-ring (bicyclic) bond motifs is 1. The second-order valence-corrected chi connectivity index (χ2v) is 5.63. The van der Waals surface area contributed by atoms with Gasteiger partial charge < -0.3 is 15.0 Å². The van der Waals surface area contributed by atoms with Gasteiger partial charge in [0.15, 0.2) is 6.19 Å². The van der Waals surface area contributed by atoms with Gasteiger partial charge in [-0.05, 0) is 32.6 Å². The molecule has 2 rings (SSSR count). The van der Waals surface area contributed by atoms with Crippen LogP contribution in [0.3, 0.4) is 0 Å². The summed E-state index contributed by atoms with van der Waals surface area (Å²) >= 11 is 0. The van der Waals surface area contributed by atoms with Crippen LogP contribution in [-0.4, -0.2) is 57.5 Å². The SMILES string of the molecule is CN=C(NC#N)NCCCOC1(CN(C)C)N=c2ccccc2=N1. The van der Waals surface area contributed by atoms with Crippen molar-refractivity contribution >= 4 is 5.96 Å². The van der Waals surface area contributed by atoms with Crippen LogP contribution < -0.4 is 21.3 Å². The zero-order chi connectivity index (χ0) is 17.4. The molecule has 0 aliphatic carbocycles. The van der Waals surface area contributed by atoms with E-state index >= 15 is 0 Å². The highest BCUT2D eigenvalue weighted by atomic mass is 16.5. The van der Waals surface area contributed by atoms with Gasteiger partial charge in [0, 0.05) is 13.6 Å². The van der Waals surface area contributed by atoms with Gasteiger partial charge in [-0.25, -0.2) is 9.98 Å². The van der Waals surface area contributed by atoms with E-state index in [4.69, 9.17) is 10.00 Å². The first kappa shape index (κ1) is 17.8. The van der Waals surface area contributed by atoms with E-state index in [1.54, 1.807) is 7.05 Å². The van der Waals surface area contributed by atoms with Gasteiger partial charge in [0.1, 0.15) is 0 Å². The lowest BCUT2D eigenvalue weighted by Crippen LogP contribution is -2.40. The van der Waals surface area contributed by atoms with E-state index in [1.165, 1.54) is 0 Å². The molecule has 0 fully saturated rings. The molecule has 2 N–H and O–H groups in total. The summed E-state index contributed by atoms with van der Waals surface area (Å²) in [4.78, 5) is 15.3. The Labute approximate surface area is 141 Å². The van der Waals surface area contributed by atoms with Crippen molar-refractivity contribution in [2.45, 2.75) is 12.3 Å². The molecule has 0 amide bonds. The summed E-state index contributed by atoms with van der Waals surface area (Å²) in [6.07, 6.45) is 2.57. The Hall–Kier alpha value is -2.50. The van der Waals surface area contributed by atoms with Crippen LogP contribution in [0.15, 0.2) is 39.2 Å². The monoisotopic (exact) mass is 329 g/mol. The molecule has 1 aliphatic rings. The minimum Gasteiger partial charge on any atom is -0.355 e. The number of hydrogen-bond donors (Lipinski definition) is 2. The number of para-hydroxylation sites is 2. The predicted molar refractivity (Wildman–Crippen MR) is 90.7 cm³/mol. The average molecular weight is 329 g/mol. The second kappa shape index (κ2) is 8.38. The van der Waals surface area contributed by atoms with Gasteiger partial charge in [0.2, 0.25) is 5.96 Å². The largest absolute Gasteiger partial charge is 0.355 e. The quantitative estimate of drug-likeness (QED) is 0.225. The molecule has 0 atom stereocenters. The third kappa shape index (κ3) is 4.75. The molecule has 128 valence electrons. The van der Waals surface area contributed by atoms with Crippen molar-refractivity contribution in [3.63, 3.8) is 0 Å². The molecule has 1 aromatic rings. The summed E-state index contributed by atoms with van der Waals surface area (Å²) in [6.45, 7) is 1.70. The summed E-state index contributed by atoms with van der Waals surface area (Å²) in [7, 11) is 5.55. The van der Waals surface area contributed by atoms with Crippen molar-refractivity contribution in [3.8, 4) is 6.19 Å². The summed E-state index contributed by atoms with van der Waals surface area (Å²) in [5, 5.41) is 15.8. The lowest BCUT2D eigenvalue weighted by molar-refractivity contribution is -0.0488. The van der Waals surface area contributed by atoms with E-state index in [0.717, 1.165) is 17.1 Å². The number of guanidine groups is 1. The molecule has 1 aliphatic heterocycles. The number of aliphatic imine (C=N–C) groups is 1. The van der Waals surface area contributed by atoms with Crippen molar-refractivity contribution in [1.82, 2.24) is 15.5 Å². The van der Waals surface area contributed by atoms with Crippen molar-refractivity contribution < 1.29 is 4.74 Å². The fourth-order valence-electron chi connectivity index (χ4n) is 2.39. The molecule has 0 aromatic heterocycles. The van der Waals surface area contributed by atoms with E-state index in [2.05, 4.69) is 25.6 Å². The first-order valence-electron chi connectivity index (χ1n) is 7.78. The van der Waals surface area contributed by atoms with Crippen LogP contribution in [-0.2, 0) is 4.74 Å². The highest BCUT2D eigenvalue weighted by Gasteiger charge is 2.32. The lowest BCUT2D eigenvalue weighted by Gasteiger charge is -2.26. The lowest BCUT2D eigenvalue weighted by atomic mass is 10.3.